The van der Waals surface area contributed by atoms with Crippen molar-refractivity contribution in [3.05, 3.63) is 17.8 Å². The third-order valence-corrected chi connectivity index (χ3v) is 2.43. The van der Waals surface area contributed by atoms with E-state index in [-0.39, 0.29) is 5.60 Å². The standard InChI is InChI=1S/C10H14N2O/c1-7-5-9(12-6-8(7)11)13-10(2)3-4-10/h5-6H,3-4,11H2,1-2H3. The molecule has 1 aliphatic carbocycles. The molecule has 1 heterocycles. The predicted octanol–water partition coefficient (Wildman–Crippen LogP) is 1.90. The Morgan fingerprint density at radius 3 is 2.77 bits per heavy atom. The number of hydrogen-bond acceptors (Lipinski definition) is 3. The number of aromatic nitrogens is 1. The molecule has 0 atom stereocenters. The van der Waals surface area contributed by atoms with Gasteiger partial charge in [0.25, 0.3) is 0 Å². The second-order valence-corrected chi connectivity index (χ2v) is 3.93. The zero-order valence-corrected chi connectivity index (χ0v) is 8.00. The lowest BCUT2D eigenvalue weighted by atomic mass is 10.2. The van der Waals surface area contributed by atoms with Crippen LogP contribution in [0.4, 0.5) is 5.69 Å². The number of rotatable bonds is 2. The van der Waals surface area contributed by atoms with Gasteiger partial charge in [0.05, 0.1) is 11.9 Å². The number of pyridine rings is 1. The molecule has 0 radical (unpaired) electrons. The van der Waals surface area contributed by atoms with E-state index in [4.69, 9.17) is 10.5 Å². The monoisotopic (exact) mass is 178 g/mol. The van der Waals surface area contributed by atoms with Crippen molar-refractivity contribution in [1.29, 1.82) is 0 Å². The topological polar surface area (TPSA) is 48.1 Å². The highest BCUT2D eigenvalue weighted by atomic mass is 16.5. The lowest BCUT2D eigenvalue weighted by Gasteiger charge is -2.12. The summed E-state index contributed by atoms with van der Waals surface area (Å²) in [5, 5.41) is 0. The maximum Gasteiger partial charge on any atom is 0.214 e. The molecule has 1 fully saturated rings. The summed E-state index contributed by atoms with van der Waals surface area (Å²) in [6.45, 7) is 4.06. The van der Waals surface area contributed by atoms with Gasteiger partial charge in [-0.15, -0.1) is 0 Å². The van der Waals surface area contributed by atoms with Gasteiger partial charge in [0, 0.05) is 6.07 Å². The fraction of sp³-hybridized carbons (Fsp3) is 0.500. The molecule has 70 valence electrons. The molecule has 0 amide bonds. The van der Waals surface area contributed by atoms with Crippen molar-refractivity contribution in [2.75, 3.05) is 5.73 Å². The van der Waals surface area contributed by atoms with Gasteiger partial charge in [0.15, 0.2) is 0 Å². The van der Waals surface area contributed by atoms with Crippen molar-refractivity contribution in [3.63, 3.8) is 0 Å². The Kier molecular flexibility index (Phi) is 1.68. The third kappa shape index (κ3) is 1.74. The van der Waals surface area contributed by atoms with Crippen LogP contribution in [0.3, 0.4) is 0 Å². The first-order chi connectivity index (χ1) is 6.09. The number of nitrogen functional groups attached to an aromatic ring is 1. The number of anilines is 1. The molecule has 1 aromatic heterocycles. The third-order valence-electron chi connectivity index (χ3n) is 2.43. The van der Waals surface area contributed by atoms with Crippen LogP contribution < -0.4 is 10.5 Å². The molecule has 0 saturated heterocycles. The zero-order valence-electron chi connectivity index (χ0n) is 8.00. The smallest absolute Gasteiger partial charge is 0.214 e. The van der Waals surface area contributed by atoms with Gasteiger partial charge < -0.3 is 10.5 Å². The van der Waals surface area contributed by atoms with Crippen LogP contribution in [0, 0.1) is 6.92 Å². The first kappa shape index (κ1) is 8.35. The molecule has 2 N–H and O–H groups in total. The first-order valence-electron chi connectivity index (χ1n) is 4.50. The molecule has 1 aliphatic rings. The summed E-state index contributed by atoms with van der Waals surface area (Å²) in [6.07, 6.45) is 3.90. The molecule has 3 nitrogen and oxygen atoms in total. The summed E-state index contributed by atoms with van der Waals surface area (Å²) < 4.78 is 5.68. The lowest BCUT2D eigenvalue weighted by molar-refractivity contribution is 0.191. The van der Waals surface area contributed by atoms with Gasteiger partial charge in [-0.3, -0.25) is 0 Å². The second kappa shape index (κ2) is 2.62. The maximum atomic E-state index is 5.68. The van der Waals surface area contributed by atoms with Gasteiger partial charge in [0.1, 0.15) is 5.60 Å². The summed E-state index contributed by atoms with van der Waals surface area (Å²) in [7, 11) is 0. The van der Waals surface area contributed by atoms with Crippen LogP contribution in [-0.4, -0.2) is 10.6 Å². The fourth-order valence-corrected chi connectivity index (χ4v) is 1.13. The SMILES string of the molecule is Cc1cc(OC2(C)CC2)ncc1N. The number of ether oxygens (including phenoxy) is 1. The van der Waals surface area contributed by atoms with Crippen LogP contribution in [0.25, 0.3) is 0 Å². The van der Waals surface area contributed by atoms with Crippen molar-refractivity contribution in [2.24, 2.45) is 0 Å². The Morgan fingerprint density at radius 1 is 1.54 bits per heavy atom. The van der Waals surface area contributed by atoms with E-state index >= 15 is 0 Å². The second-order valence-electron chi connectivity index (χ2n) is 3.93. The number of nitrogens with zero attached hydrogens (tertiary/aromatic N) is 1. The molecule has 1 aromatic rings. The predicted molar refractivity (Wildman–Crippen MR) is 51.7 cm³/mol. The quantitative estimate of drug-likeness (QED) is 0.752. The van der Waals surface area contributed by atoms with Crippen molar-refractivity contribution in [1.82, 2.24) is 4.98 Å². The van der Waals surface area contributed by atoms with E-state index in [9.17, 15) is 0 Å². The molecule has 0 aromatic carbocycles. The molecule has 1 saturated carbocycles. The molecule has 3 heteroatoms. The van der Waals surface area contributed by atoms with E-state index in [1.54, 1.807) is 6.20 Å². The number of hydrogen-bond donors (Lipinski definition) is 1. The van der Waals surface area contributed by atoms with E-state index in [2.05, 4.69) is 11.9 Å². The average molecular weight is 178 g/mol. The summed E-state index contributed by atoms with van der Waals surface area (Å²) >= 11 is 0. The van der Waals surface area contributed by atoms with Gasteiger partial charge in [-0.05, 0) is 32.3 Å². The Hall–Kier alpha value is -1.25. The molecular formula is C10H14N2O. The van der Waals surface area contributed by atoms with Gasteiger partial charge in [0.2, 0.25) is 5.88 Å². The summed E-state index contributed by atoms with van der Waals surface area (Å²) in [6, 6.07) is 1.89. The largest absolute Gasteiger partial charge is 0.471 e. The van der Waals surface area contributed by atoms with Crippen LogP contribution in [0.15, 0.2) is 12.3 Å². The highest BCUT2D eigenvalue weighted by molar-refractivity contribution is 5.45. The Balaban J connectivity index is 2.17. The Morgan fingerprint density at radius 2 is 2.23 bits per heavy atom. The van der Waals surface area contributed by atoms with Gasteiger partial charge in [-0.1, -0.05) is 0 Å². The number of aryl methyl sites for hydroxylation is 1. The first-order valence-corrected chi connectivity index (χ1v) is 4.50. The van der Waals surface area contributed by atoms with E-state index in [1.165, 1.54) is 0 Å². The van der Waals surface area contributed by atoms with Crippen LogP contribution in [0.5, 0.6) is 5.88 Å². The van der Waals surface area contributed by atoms with E-state index in [1.807, 2.05) is 13.0 Å². The molecule has 13 heavy (non-hydrogen) atoms. The van der Waals surface area contributed by atoms with Gasteiger partial charge in [-0.25, -0.2) is 4.98 Å². The summed E-state index contributed by atoms with van der Waals surface area (Å²) in [4.78, 5) is 4.12. The molecule has 0 unspecified atom stereocenters. The Labute approximate surface area is 77.9 Å². The van der Waals surface area contributed by atoms with Crippen LogP contribution in [0.2, 0.25) is 0 Å². The van der Waals surface area contributed by atoms with Crippen molar-refractivity contribution < 1.29 is 4.74 Å². The van der Waals surface area contributed by atoms with Gasteiger partial charge in [-0.2, -0.15) is 0 Å². The van der Waals surface area contributed by atoms with E-state index in [0.717, 1.165) is 18.4 Å². The van der Waals surface area contributed by atoms with Crippen LogP contribution >= 0.6 is 0 Å². The van der Waals surface area contributed by atoms with Crippen molar-refractivity contribution in [2.45, 2.75) is 32.3 Å². The maximum absolute atomic E-state index is 5.68. The minimum atomic E-state index is 0.0373. The van der Waals surface area contributed by atoms with Crippen LogP contribution in [0.1, 0.15) is 25.3 Å². The lowest BCUT2D eigenvalue weighted by Crippen LogP contribution is -2.13. The van der Waals surface area contributed by atoms with E-state index in [0.29, 0.717) is 11.6 Å². The molecule has 2 rings (SSSR count). The minimum Gasteiger partial charge on any atom is -0.471 e. The molecule has 0 spiro atoms. The average Bonchev–Trinajstić information content (AvgIpc) is 2.76. The summed E-state index contributed by atoms with van der Waals surface area (Å²) in [5.41, 5.74) is 7.43. The normalized spacial score (nSPS) is 18.3. The highest BCUT2D eigenvalue weighted by Crippen LogP contribution is 2.39. The highest BCUT2D eigenvalue weighted by Gasteiger charge is 2.40. The molecule has 0 aliphatic heterocycles. The summed E-state index contributed by atoms with van der Waals surface area (Å²) in [5.74, 6) is 0.687. The van der Waals surface area contributed by atoms with Crippen molar-refractivity contribution in [3.8, 4) is 5.88 Å². The zero-order chi connectivity index (χ0) is 9.47. The molecule has 0 bridgehead atoms. The molecular weight excluding hydrogens is 164 g/mol. The number of nitrogens with two attached hydrogens (primary N) is 1. The van der Waals surface area contributed by atoms with Crippen molar-refractivity contribution >= 4 is 5.69 Å². The minimum absolute atomic E-state index is 0.0373. The Bertz CT molecular complexity index is 332. The van der Waals surface area contributed by atoms with Gasteiger partial charge >= 0.3 is 0 Å². The van der Waals surface area contributed by atoms with Crippen LogP contribution in [-0.2, 0) is 0 Å². The van der Waals surface area contributed by atoms with E-state index < -0.39 is 0 Å². The fourth-order valence-electron chi connectivity index (χ4n) is 1.13.